The van der Waals surface area contributed by atoms with Crippen LogP contribution in [0.2, 0.25) is 0 Å². The van der Waals surface area contributed by atoms with Crippen LogP contribution < -0.4 is 10.6 Å². The summed E-state index contributed by atoms with van der Waals surface area (Å²) in [6.45, 7) is 8.76. The number of amides is 2. The fourth-order valence-electron chi connectivity index (χ4n) is 1.81. The summed E-state index contributed by atoms with van der Waals surface area (Å²) in [6.07, 6.45) is 1.05. The zero-order chi connectivity index (χ0) is 14.0. The minimum Gasteiger partial charge on any atom is -0.376 e. The zero-order valence-electron chi connectivity index (χ0n) is 11.7. The minimum absolute atomic E-state index is 0.0528. The van der Waals surface area contributed by atoms with Crippen molar-refractivity contribution in [1.29, 1.82) is 0 Å². The second-order valence-electron chi connectivity index (χ2n) is 5.84. The summed E-state index contributed by atoms with van der Waals surface area (Å²) in [7, 11) is 0. The third kappa shape index (κ3) is 3.87. The first kappa shape index (κ1) is 14.2. The molecule has 19 heavy (non-hydrogen) atoms. The first-order chi connectivity index (χ1) is 8.84. The van der Waals surface area contributed by atoms with Gasteiger partial charge in [-0.05, 0) is 13.3 Å². The molecule has 0 bridgehead atoms. The van der Waals surface area contributed by atoms with Gasteiger partial charge >= 0.3 is 6.03 Å². The maximum atomic E-state index is 11.8. The van der Waals surface area contributed by atoms with Crippen LogP contribution in [0.1, 0.15) is 39.1 Å². The van der Waals surface area contributed by atoms with Crippen LogP contribution in [0.3, 0.4) is 0 Å². The summed E-state index contributed by atoms with van der Waals surface area (Å²) in [6, 6.07) is -0.177. The zero-order valence-corrected chi connectivity index (χ0v) is 12.5. The van der Waals surface area contributed by atoms with Gasteiger partial charge in [-0.1, -0.05) is 32.1 Å². The Labute approximate surface area is 116 Å². The highest BCUT2D eigenvalue weighted by Gasteiger charge is 2.24. The third-order valence-corrected chi connectivity index (χ3v) is 4.09. The highest BCUT2D eigenvalue weighted by Crippen LogP contribution is 2.27. The van der Waals surface area contributed by atoms with Gasteiger partial charge in [0.1, 0.15) is 5.01 Å². The molecule has 2 amide bonds. The Morgan fingerprint density at radius 3 is 2.68 bits per heavy atom. The predicted octanol–water partition coefficient (Wildman–Crippen LogP) is 2.13. The largest absolute Gasteiger partial charge is 0.376 e. The van der Waals surface area contributed by atoms with Crippen molar-refractivity contribution in [2.24, 2.45) is 0 Å². The quantitative estimate of drug-likeness (QED) is 0.872. The van der Waals surface area contributed by atoms with E-state index in [4.69, 9.17) is 4.74 Å². The van der Waals surface area contributed by atoms with Crippen LogP contribution in [0, 0.1) is 0 Å². The van der Waals surface area contributed by atoms with E-state index in [-0.39, 0.29) is 23.6 Å². The van der Waals surface area contributed by atoms with Crippen LogP contribution in [0.25, 0.3) is 0 Å². The topological polar surface area (TPSA) is 76.1 Å². The van der Waals surface area contributed by atoms with Crippen LogP contribution in [0.5, 0.6) is 0 Å². The number of urea groups is 1. The average molecular weight is 284 g/mol. The third-order valence-electron chi connectivity index (χ3n) is 2.82. The van der Waals surface area contributed by atoms with Crippen molar-refractivity contribution in [1.82, 2.24) is 15.5 Å². The molecule has 6 nitrogen and oxygen atoms in total. The monoisotopic (exact) mass is 284 g/mol. The molecule has 0 aliphatic carbocycles. The SMILES string of the molecule is CC1CC(NC(=O)Nc2nnc(C(C)(C)C)s2)CO1. The van der Waals surface area contributed by atoms with Crippen molar-refractivity contribution in [2.45, 2.75) is 51.7 Å². The number of hydrogen-bond acceptors (Lipinski definition) is 5. The van der Waals surface area contributed by atoms with Crippen molar-refractivity contribution in [3.8, 4) is 0 Å². The molecule has 2 rings (SSSR count). The van der Waals surface area contributed by atoms with Crippen LogP contribution in [-0.2, 0) is 10.2 Å². The minimum atomic E-state index is -0.251. The fraction of sp³-hybridized carbons (Fsp3) is 0.750. The number of nitrogens with one attached hydrogen (secondary N) is 2. The van der Waals surface area contributed by atoms with Gasteiger partial charge in [0, 0.05) is 5.41 Å². The molecule has 2 N–H and O–H groups in total. The van der Waals surface area contributed by atoms with E-state index in [1.54, 1.807) is 0 Å². The standard InChI is InChI=1S/C12H20N4O2S/c1-7-5-8(6-18-7)13-10(17)14-11-16-15-9(19-11)12(2,3)4/h7-8H,5-6H2,1-4H3,(H2,13,14,16,17). The Morgan fingerprint density at radius 2 is 2.16 bits per heavy atom. The molecule has 0 spiro atoms. The van der Waals surface area contributed by atoms with Gasteiger partial charge in [-0.3, -0.25) is 5.32 Å². The van der Waals surface area contributed by atoms with E-state index in [0.717, 1.165) is 11.4 Å². The van der Waals surface area contributed by atoms with Crippen molar-refractivity contribution < 1.29 is 9.53 Å². The molecule has 1 aliphatic rings. The van der Waals surface area contributed by atoms with Gasteiger partial charge in [-0.2, -0.15) is 0 Å². The smallest absolute Gasteiger partial charge is 0.321 e. The number of anilines is 1. The van der Waals surface area contributed by atoms with Crippen molar-refractivity contribution in [2.75, 3.05) is 11.9 Å². The first-order valence-corrected chi connectivity index (χ1v) is 7.19. The molecule has 1 saturated heterocycles. The Hall–Kier alpha value is -1.21. The molecule has 7 heteroatoms. The summed E-state index contributed by atoms with van der Waals surface area (Å²) in [5, 5.41) is 15.1. The van der Waals surface area contributed by atoms with E-state index in [0.29, 0.717) is 11.7 Å². The number of aromatic nitrogens is 2. The molecule has 106 valence electrons. The van der Waals surface area contributed by atoms with E-state index in [9.17, 15) is 4.79 Å². The van der Waals surface area contributed by atoms with Crippen LogP contribution in [-0.4, -0.2) is 35.0 Å². The molecular formula is C12H20N4O2S. The number of hydrogen-bond donors (Lipinski definition) is 2. The number of rotatable bonds is 2. The summed E-state index contributed by atoms with van der Waals surface area (Å²) in [5.74, 6) is 0. The molecule has 2 unspecified atom stereocenters. The molecule has 1 aliphatic heterocycles. The van der Waals surface area contributed by atoms with Gasteiger partial charge in [0.2, 0.25) is 5.13 Å². The average Bonchev–Trinajstić information content (AvgIpc) is 2.87. The number of carbonyl (C=O) groups is 1. The fourth-order valence-corrected chi connectivity index (χ4v) is 2.61. The van der Waals surface area contributed by atoms with Crippen molar-refractivity contribution in [3.63, 3.8) is 0 Å². The van der Waals surface area contributed by atoms with Gasteiger partial charge in [0.15, 0.2) is 0 Å². The molecule has 0 aromatic carbocycles. The van der Waals surface area contributed by atoms with Gasteiger partial charge in [0.25, 0.3) is 0 Å². The van der Waals surface area contributed by atoms with Gasteiger partial charge < -0.3 is 10.1 Å². The van der Waals surface area contributed by atoms with Crippen LogP contribution >= 0.6 is 11.3 Å². The van der Waals surface area contributed by atoms with E-state index in [2.05, 4.69) is 41.6 Å². The maximum absolute atomic E-state index is 11.8. The van der Waals surface area contributed by atoms with Gasteiger partial charge in [-0.15, -0.1) is 10.2 Å². The molecule has 0 saturated carbocycles. The molecule has 2 heterocycles. The molecule has 0 radical (unpaired) electrons. The Balaban J connectivity index is 1.87. The normalized spacial score (nSPS) is 23.4. The van der Waals surface area contributed by atoms with Gasteiger partial charge in [-0.25, -0.2) is 4.79 Å². The number of carbonyl (C=O) groups excluding carboxylic acids is 1. The lowest BCUT2D eigenvalue weighted by Crippen LogP contribution is -2.38. The molecule has 2 atom stereocenters. The second-order valence-corrected chi connectivity index (χ2v) is 6.81. The highest BCUT2D eigenvalue weighted by molar-refractivity contribution is 7.15. The Bertz CT molecular complexity index is 455. The van der Waals surface area contributed by atoms with E-state index < -0.39 is 0 Å². The van der Waals surface area contributed by atoms with E-state index in [1.807, 2.05) is 6.92 Å². The summed E-state index contributed by atoms with van der Waals surface area (Å²) < 4.78 is 5.40. The van der Waals surface area contributed by atoms with Gasteiger partial charge in [0.05, 0.1) is 18.8 Å². The Kier molecular flexibility index (Phi) is 4.05. The lowest BCUT2D eigenvalue weighted by molar-refractivity contribution is 0.122. The molecular weight excluding hydrogens is 264 g/mol. The van der Waals surface area contributed by atoms with E-state index in [1.165, 1.54) is 11.3 Å². The van der Waals surface area contributed by atoms with Crippen molar-refractivity contribution in [3.05, 3.63) is 5.01 Å². The summed E-state index contributed by atoms with van der Waals surface area (Å²) in [4.78, 5) is 11.8. The second kappa shape index (κ2) is 5.42. The summed E-state index contributed by atoms with van der Waals surface area (Å²) >= 11 is 1.40. The number of ether oxygens (including phenoxy) is 1. The van der Waals surface area contributed by atoms with Crippen LogP contribution in [0.15, 0.2) is 0 Å². The molecule has 1 aromatic heterocycles. The predicted molar refractivity (Wildman–Crippen MR) is 74.6 cm³/mol. The first-order valence-electron chi connectivity index (χ1n) is 6.37. The van der Waals surface area contributed by atoms with Crippen molar-refractivity contribution >= 4 is 22.5 Å². The van der Waals surface area contributed by atoms with Crippen LogP contribution in [0.4, 0.5) is 9.93 Å². The number of nitrogens with zero attached hydrogens (tertiary/aromatic N) is 2. The lowest BCUT2D eigenvalue weighted by atomic mass is 9.98. The molecule has 1 aromatic rings. The maximum Gasteiger partial charge on any atom is 0.321 e. The lowest BCUT2D eigenvalue weighted by Gasteiger charge is -2.12. The highest BCUT2D eigenvalue weighted by atomic mass is 32.1. The molecule has 1 fully saturated rings. The summed E-state index contributed by atoms with van der Waals surface area (Å²) in [5.41, 5.74) is -0.0528. The Morgan fingerprint density at radius 1 is 1.42 bits per heavy atom. The van der Waals surface area contributed by atoms with E-state index >= 15 is 0 Å².